The van der Waals surface area contributed by atoms with E-state index in [0.717, 1.165) is 32.0 Å². The highest BCUT2D eigenvalue weighted by atomic mass is 32.2. The van der Waals surface area contributed by atoms with Crippen LogP contribution < -0.4 is 15.9 Å². The summed E-state index contributed by atoms with van der Waals surface area (Å²) in [6.07, 6.45) is 4.36. The maximum Gasteiger partial charge on any atom is 0.275 e. The summed E-state index contributed by atoms with van der Waals surface area (Å²) in [6, 6.07) is 4.63. The molecule has 1 aliphatic rings. The van der Waals surface area contributed by atoms with Crippen LogP contribution in [0.1, 0.15) is 55.6 Å². The first-order valence-electron chi connectivity index (χ1n) is 13.6. The van der Waals surface area contributed by atoms with Gasteiger partial charge in [0.25, 0.3) is 5.56 Å². The topological polar surface area (TPSA) is 149 Å². The monoisotopic (exact) mass is 576 g/mol. The number of carbonyl (C=O) groups is 1. The molecule has 0 atom stereocenters. The molecule has 2 aromatic heterocycles. The third-order valence-corrected chi connectivity index (χ3v) is 9.22. The van der Waals surface area contributed by atoms with Crippen molar-refractivity contribution < 1.29 is 33.3 Å². The fourth-order valence-electron chi connectivity index (χ4n) is 5.28. The summed E-state index contributed by atoms with van der Waals surface area (Å²) in [5.74, 6) is 0.956. The van der Waals surface area contributed by atoms with Crippen LogP contribution in [0.25, 0.3) is 22.4 Å². The molecule has 12 nitrogen and oxygen atoms in total. The summed E-state index contributed by atoms with van der Waals surface area (Å²) < 4.78 is 36.2. The molecule has 218 valence electrons. The van der Waals surface area contributed by atoms with Crippen molar-refractivity contribution in [1.29, 1.82) is 0 Å². The van der Waals surface area contributed by atoms with Crippen molar-refractivity contribution in [1.82, 2.24) is 18.8 Å². The number of rotatable bonds is 13. The third-order valence-electron chi connectivity index (χ3n) is 7.32. The summed E-state index contributed by atoms with van der Waals surface area (Å²) in [6.45, 7) is 5.49. The predicted octanol–water partition coefficient (Wildman–Crippen LogP) is 1.94. The summed E-state index contributed by atoms with van der Waals surface area (Å²) in [4.78, 5) is 42.7. The van der Waals surface area contributed by atoms with Crippen molar-refractivity contribution in [3.05, 3.63) is 39.8 Å². The largest absolute Gasteiger partial charge is 0.493 e. The van der Waals surface area contributed by atoms with E-state index in [-0.39, 0.29) is 10.7 Å². The minimum Gasteiger partial charge on any atom is -0.493 e. The Kier molecular flexibility index (Phi) is 9.74. The number of nitrogens with one attached hydrogen (secondary N) is 1. The molecule has 0 spiro atoms. The van der Waals surface area contributed by atoms with Crippen LogP contribution >= 0.6 is 0 Å². The van der Waals surface area contributed by atoms with Gasteiger partial charge in [-0.1, -0.05) is 19.0 Å². The Bertz CT molecular complexity index is 1510. The molecule has 40 heavy (non-hydrogen) atoms. The molecule has 0 saturated carbocycles. The molecule has 1 aliphatic heterocycles. The van der Waals surface area contributed by atoms with Gasteiger partial charge < -0.3 is 14.3 Å². The van der Waals surface area contributed by atoms with E-state index >= 15 is 0 Å². The minimum absolute atomic E-state index is 0.0978. The Morgan fingerprint density at radius 2 is 1.98 bits per heavy atom. The highest BCUT2D eigenvalue weighted by molar-refractivity contribution is 7.89. The van der Waals surface area contributed by atoms with Crippen LogP contribution in [-0.4, -0.2) is 67.0 Å². The number of aldehydes is 1. The molecule has 1 saturated heterocycles. The van der Waals surface area contributed by atoms with E-state index in [1.165, 1.54) is 29.2 Å². The Balaban J connectivity index is 1.69. The maximum absolute atomic E-state index is 13.7. The number of hydrogen-bond donors (Lipinski definition) is 2. The van der Waals surface area contributed by atoms with Crippen molar-refractivity contribution >= 4 is 27.3 Å². The SMILES string of the molecule is CCCc1c(C=O)n(C)c2c(=O)[nH]c(-c3cc(S(=O)(=O)N4CCC(CCO[NH2+]OC)CC4)ccc3OCC)nc12. The van der Waals surface area contributed by atoms with Gasteiger partial charge in [0.2, 0.25) is 10.0 Å². The number of aryl methyl sites for hydroxylation is 2. The molecule has 3 aromatic rings. The van der Waals surface area contributed by atoms with Crippen LogP contribution in [0.5, 0.6) is 5.75 Å². The molecule has 3 N–H and O–H groups in total. The van der Waals surface area contributed by atoms with Gasteiger partial charge in [-0.25, -0.2) is 13.4 Å². The van der Waals surface area contributed by atoms with E-state index in [4.69, 9.17) is 19.4 Å². The van der Waals surface area contributed by atoms with Gasteiger partial charge in [-0.15, -0.1) is 0 Å². The van der Waals surface area contributed by atoms with Gasteiger partial charge in [0.05, 0.1) is 29.9 Å². The predicted molar refractivity (Wildman–Crippen MR) is 148 cm³/mol. The van der Waals surface area contributed by atoms with E-state index in [9.17, 15) is 18.0 Å². The molecular weight excluding hydrogens is 538 g/mol. The van der Waals surface area contributed by atoms with Gasteiger partial charge >= 0.3 is 0 Å². The van der Waals surface area contributed by atoms with Crippen LogP contribution in [0.3, 0.4) is 0 Å². The molecule has 13 heteroatoms. The van der Waals surface area contributed by atoms with Crippen molar-refractivity contribution in [3.8, 4) is 17.1 Å². The van der Waals surface area contributed by atoms with Crippen molar-refractivity contribution in [3.63, 3.8) is 0 Å². The zero-order valence-corrected chi connectivity index (χ0v) is 24.3. The molecule has 0 amide bonds. The zero-order valence-electron chi connectivity index (χ0n) is 23.4. The number of sulfonamides is 1. The second kappa shape index (κ2) is 13.0. The van der Waals surface area contributed by atoms with E-state index in [1.54, 1.807) is 17.7 Å². The summed E-state index contributed by atoms with van der Waals surface area (Å²) in [7, 11) is -0.617. The number of aromatic amines is 1. The van der Waals surface area contributed by atoms with Crippen LogP contribution in [-0.2, 0) is 33.2 Å². The number of benzene rings is 1. The van der Waals surface area contributed by atoms with E-state index < -0.39 is 15.6 Å². The maximum atomic E-state index is 13.7. The van der Waals surface area contributed by atoms with Crippen LogP contribution in [0, 0.1) is 5.92 Å². The lowest BCUT2D eigenvalue weighted by atomic mass is 9.95. The highest BCUT2D eigenvalue weighted by Gasteiger charge is 2.30. The number of piperidine rings is 1. The Hall–Kier alpha value is -3.10. The summed E-state index contributed by atoms with van der Waals surface area (Å²) >= 11 is 0. The highest BCUT2D eigenvalue weighted by Crippen LogP contribution is 2.34. The number of carbonyl (C=O) groups excluding carboxylic acids is 1. The van der Waals surface area contributed by atoms with E-state index in [0.29, 0.717) is 72.2 Å². The van der Waals surface area contributed by atoms with Crippen LogP contribution in [0.4, 0.5) is 0 Å². The van der Waals surface area contributed by atoms with Crippen LogP contribution in [0.2, 0.25) is 0 Å². The van der Waals surface area contributed by atoms with Crippen molar-refractivity contribution in [2.24, 2.45) is 13.0 Å². The van der Waals surface area contributed by atoms with Crippen molar-refractivity contribution in [2.75, 3.05) is 33.4 Å². The quantitative estimate of drug-likeness (QED) is 0.178. The van der Waals surface area contributed by atoms with Gasteiger partial charge in [0.1, 0.15) is 29.2 Å². The number of ether oxygens (including phenoxy) is 1. The molecule has 0 aliphatic carbocycles. The lowest BCUT2D eigenvalue weighted by Crippen LogP contribution is -2.81. The van der Waals surface area contributed by atoms with Gasteiger partial charge in [-0.05, 0) is 56.7 Å². The summed E-state index contributed by atoms with van der Waals surface area (Å²) in [5.41, 5.74) is 3.06. The van der Waals surface area contributed by atoms with Gasteiger partial charge in [0, 0.05) is 25.7 Å². The summed E-state index contributed by atoms with van der Waals surface area (Å²) in [5, 5.41) is 0. The number of nitrogens with zero attached hydrogens (tertiary/aromatic N) is 3. The standard InChI is InChI=1S/C27H37N5O7S/c1-5-7-20-22(17-33)31(3)25-24(20)28-26(29-27(25)34)21-16-19(8-9-23(21)38-6-2)40(35,36)32-13-10-18(11-14-32)12-15-39-30-37-4/h8-9,16-18H,5-7,10-15,30H2,1-4H3/p+1. The molecule has 0 bridgehead atoms. The molecule has 1 fully saturated rings. The molecule has 1 aromatic carbocycles. The molecule has 0 radical (unpaired) electrons. The number of fused-ring (bicyclic) bond motifs is 1. The first kappa shape index (κ1) is 29.9. The van der Waals surface area contributed by atoms with Crippen LogP contribution in [0.15, 0.2) is 27.9 Å². The number of nitrogens with two attached hydrogens (primary N) is 1. The minimum atomic E-state index is -3.80. The zero-order chi connectivity index (χ0) is 28.9. The number of hydrogen-bond acceptors (Lipinski definition) is 8. The smallest absolute Gasteiger partial charge is 0.275 e. The Morgan fingerprint density at radius 3 is 2.62 bits per heavy atom. The van der Waals surface area contributed by atoms with Gasteiger partial charge in [-0.2, -0.15) is 14.0 Å². The Labute approximate surface area is 233 Å². The average molecular weight is 577 g/mol. The second-order valence-electron chi connectivity index (χ2n) is 9.83. The molecular formula is C27H38N5O7S+. The molecule has 3 heterocycles. The van der Waals surface area contributed by atoms with Gasteiger partial charge in [-0.3, -0.25) is 9.59 Å². The van der Waals surface area contributed by atoms with Crippen molar-refractivity contribution in [2.45, 2.75) is 50.8 Å². The van der Waals surface area contributed by atoms with E-state index in [1.807, 2.05) is 13.8 Å². The Morgan fingerprint density at radius 1 is 1.23 bits per heavy atom. The normalized spacial score (nSPS) is 15.1. The molecule has 4 rings (SSSR count). The van der Waals surface area contributed by atoms with Gasteiger partial charge in [0.15, 0.2) is 6.29 Å². The fraction of sp³-hybridized carbons (Fsp3) is 0.519. The first-order chi connectivity index (χ1) is 19.3. The fourth-order valence-corrected chi connectivity index (χ4v) is 6.78. The number of quaternary nitrogens is 1. The average Bonchev–Trinajstić information content (AvgIpc) is 3.22. The second-order valence-corrected chi connectivity index (χ2v) is 11.8. The molecule has 0 unspecified atom stereocenters. The first-order valence-corrected chi connectivity index (χ1v) is 15.0. The van der Waals surface area contributed by atoms with E-state index in [2.05, 4.69) is 4.98 Å². The number of H-pyrrole nitrogens is 1. The lowest BCUT2D eigenvalue weighted by molar-refractivity contribution is -1.06. The lowest BCUT2D eigenvalue weighted by Gasteiger charge is -2.31. The third kappa shape index (κ3) is 5.98. The number of aromatic nitrogens is 3.